The second kappa shape index (κ2) is 6.72. The minimum absolute atomic E-state index is 0.522. The molecule has 0 aromatic rings. The lowest BCUT2D eigenvalue weighted by Gasteiger charge is -2.32. The van der Waals surface area contributed by atoms with Crippen molar-refractivity contribution in [3.05, 3.63) is 0 Å². The minimum Gasteiger partial charge on any atom is -0.377 e. The zero-order valence-electron chi connectivity index (χ0n) is 11.5. The van der Waals surface area contributed by atoms with Gasteiger partial charge >= 0.3 is 0 Å². The number of likely N-dealkylation sites (tertiary alicyclic amines) is 2. The fourth-order valence-electron chi connectivity index (χ4n) is 2.99. The second-order valence-electron chi connectivity index (χ2n) is 5.92. The van der Waals surface area contributed by atoms with Crippen LogP contribution in [-0.2, 0) is 4.74 Å². The maximum Gasteiger partial charge on any atom is 0.0600 e. The average molecular weight is 240 g/mol. The van der Waals surface area contributed by atoms with E-state index in [1.165, 1.54) is 51.9 Å². The van der Waals surface area contributed by atoms with Crippen LogP contribution in [0.1, 0.15) is 32.6 Å². The highest BCUT2D eigenvalue weighted by Gasteiger charge is 2.19. The number of nitrogens with zero attached hydrogens (tertiary/aromatic N) is 2. The lowest BCUT2D eigenvalue weighted by molar-refractivity contribution is -0.00113. The minimum atomic E-state index is 0.522. The summed E-state index contributed by atoms with van der Waals surface area (Å²) in [5, 5.41) is 0. The van der Waals surface area contributed by atoms with Gasteiger partial charge < -0.3 is 14.5 Å². The zero-order chi connectivity index (χ0) is 12.1. The first kappa shape index (κ1) is 13.3. The summed E-state index contributed by atoms with van der Waals surface area (Å²) in [5.74, 6) is 0.882. The van der Waals surface area contributed by atoms with Gasteiger partial charge in [0, 0.05) is 26.2 Å². The standard InChI is InChI=1S/C14H28N2O/c1-13-4-3-7-16(12-13)10-11-17-14-5-8-15(2)9-6-14/h13-14H,3-12H2,1-2H3/t13-/m1/s1. The lowest BCUT2D eigenvalue weighted by atomic mass is 10.0. The molecule has 0 aliphatic carbocycles. The lowest BCUT2D eigenvalue weighted by Crippen LogP contribution is -2.38. The van der Waals surface area contributed by atoms with Crippen LogP contribution >= 0.6 is 0 Å². The van der Waals surface area contributed by atoms with Gasteiger partial charge in [0.25, 0.3) is 0 Å². The summed E-state index contributed by atoms with van der Waals surface area (Å²) in [6.07, 6.45) is 5.73. The van der Waals surface area contributed by atoms with Gasteiger partial charge in [0.15, 0.2) is 0 Å². The summed E-state index contributed by atoms with van der Waals surface area (Å²) in [7, 11) is 2.20. The van der Waals surface area contributed by atoms with Gasteiger partial charge in [0.05, 0.1) is 12.7 Å². The summed E-state index contributed by atoms with van der Waals surface area (Å²) >= 11 is 0. The topological polar surface area (TPSA) is 15.7 Å². The Morgan fingerprint density at radius 3 is 2.59 bits per heavy atom. The fraction of sp³-hybridized carbons (Fsp3) is 1.00. The zero-order valence-corrected chi connectivity index (χ0v) is 11.5. The Hall–Kier alpha value is -0.120. The molecule has 2 aliphatic heterocycles. The summed E-state index contributed by atoms with van der Waals surface area (Å²) in [6, 6.07) is 0. The predicted molar refractivity (Wildman–Crippen MR) is 71.3 cm³/mol. The van der Waals surface area contributed by atoms with Crippen LogP contribution in [0.3, 0.4) is 0 Å². The third kappa shape index (κ3) is 4.57. The molecule has 0 bridgehead atoms. The summed E-state index contributed by atoms with van der Waals surface area (Å²) < 4.78 is 6.00. The fourth-order valence-corrected chi connectivity index (χ4v) is 2.99. The van der Waals surface area contributed by atoms with E-state index in [0.717, 1.165) is 19.1 Å². The highest BCUT2D eigenvalue weighted by atomic mass is 16.5. The van der Waals surface area contributed by atoms with Crippen LogP contribution in [0, 0.1) is 5.92 Å². The number of rotatable bonds is 4. The molecule has 100 valence electrons. The summed E-state index contributed by atoms with van der Waals surface area (Å²) in [4.78, 5) is 4.97. The molecule has 2 fully saturated rings. The molecule has 0 aromatic carbocycles. The van der Waals surface area contributed by atoms with Gasteiger partial charge in [-0.15, -0.1) is 0 Å². The summed E-state index contributed by atoms with van der Waals surface area (Å²) in [5.41, 5.74) is 0. The van der Waals surface area contributed by atoms with Crippen LogP contribution in [0.25, 0.3) is 0 Å². The van der Waals surface area contributed by atoms with Gasteiger partial charge in [0.2, 0.25) is 0 Å². The molecule has 0 radical (unpaired) electrons. The third-order valence-electron chi connectivity index (χ3n) is 4.17. The van der Waals surface area contributed by atoms with E-state index in [0.29, 0.717) is 6.10 Å². The van der Waals surface area contributed by atoms with Gasteiger partial charge in [-0.2, -0.15) is 0 Å². The van der Waals surface area contributed by atoms with Crippen LogP contribution in [0.4, 0.5) is 0 Å². The van der Waals surface area contributed by atoms with Crippen molar-refractivity contribution < 1.29 is 4.74 Å². The van der Waals surface area contributed by atoms with Crippen LogP contribution in [0.5, 0.6) is 0 Å². The van der Waals surface area contributed by atoms with Gasteiger partial charge in [-0.25, -0.2) is 0 Å². The van der Waals surface area contributed by atoms with E-state index in [2.05, 4.69) is 23.8 Å². The van der Waals surface area contributed by atoms with E-state index in [9.17, 15) is 0 Å². The van der Waals surface area contributed by atoms with E-state index in [1.54, 1.807) is 0 Å². The van der Waals surface area contributed by atoms with E-state index in [-0.39, 0.29) is 0 Å². The molecule has 0 unspecified atom stereocenters. The molecule has 0 spiro atoms. The van der Waals surface area contributed by atoms with E-state index in [1.807, 2.05) is 0 Å². The maximum absolute atomic E-state index is 6.00. The van der Waals surface area contributed by atoms with Crippen molar-refractivity contribution in [3.63, 3.8) is 0 Å². The Bertz CT molecular complexity index is 214. The maximum atomic E-state index is 6.00. The Morgan fingerprint density at radius 2 is 1.88 bits per heavy atom. The molecule has 0 amide bonds. The van der Waals surface area contributed by atoms with Crippen molar-refractivity contribution >= 4 is 0 Å². The predicted octanol–water partition coefficient (Wildman–Crippen LogP) is 1.83. The van der Waals surface area contributed by atoms with E-state index in [4.69, 9.17) is 4.74 Å². The van der Waals surface area contributed by atoms with E-state index < -0.39 is 0 Å². The van der Waals surface area contributed by atoms with Crippen LogP contribution < -0.4 is 0 Å². The first-order valence-electron chi connectivity index (χ1n) is 7.26. The quantitative estimate of drug-likeness (QED) is 0.745. The number of ether oxygens (including phenoxy) is 1. The molecule has 3 heteroatoms. The van der Waals surface area contributed by atoms with Gasteiger partial charge in [-0.3, -0.25) is 0 Å². The van der Waals surface area contributed by atoms with Crippen LogP contribution in [0.2, 0.25) is 0 Å². The molecule has 0 saturated carbocycles. The molecule has 2 rings (SSSR count). The molecule has 0 aromatic heterocycles. The Morgan fingerprint density at radius 1 is 1.12 bits per heavy atom. The van der Waals surface area contributed by atoms with Crippen molar-refractivity contribution in [1.29, 1.82) is 0 Å². The molecular formula is C14H28N2O. The molecule has 3 nitrogen and oxygen atoms in total. The van der Waals surface area contributed by atoms with Crippen molar-refractivity contribution in [2.75, 3.05) is 46.4 Å². The van der Waals surface area contributed by atoms with Crippen LogP contribution in [-0.4, -0.2) is 62.3 Å². The van der Waals surface area contributed by atoms with Crippen molar-refractivity contribution in [2.45, 2.75) is 38.7 Å². The SMILES string of the molecule is C[C@@H]1CCCN(CCOC2CCN(C)CC2)C1. The molecule has 17 heavy (non-hydrogen) atoms. The molecule has 0 N–H and O–H groups in total. The Kier molecular flexibility index (Phi) is 5.26. The highest BCUT2D eigenvalue weighted by Crippen LogP contribution is 2.16. The summed E-state index contributed by atoms with van der Waals surface area (Å²) in [6.45, 7) is 9.39. The molecule has 2 heterocycles. The van der Waals surface area contributed by atoms with Crippen molar-refractivity contribution in [3.8, 4) is 0 Å². The van der Waals surface area contributed by atoms with Crippen LogP contribution in [0.15, 0.2) is 0 Å². The smallest absolute Gasteiger partial charge is 0.0600 e. The molecular weight excluding hydrogens is 212 g/mol. The monoisotopic (exact) mass is 240 g/mol. The second-order valence-corrected chi connectivity index (χ2v) is 5.92. The molecule has 1 atom stereocenters. The van der Waals surface area contributed by atoms with E-state index >= 15 is 0 Å². The normalized spacial score (nSPS) is 29.6. The number of piperidine rings is 2. The Labute approximate surface area is 106 Å². The third-order valence-corrected chi connectivity index (χ3v) is 4.17. The number of hydrogen-bond donors (Lipinski definition) is 0. The van der Waals surface area contributed by atoms with Crippen molar-refractivity contribution in [1.82, 2.24) is 9.80 Å². The van der Waals surface area contributed by atoms with Crippen molar-refractivity contribution in [2.24, 2.45) is 5.92 Å². The van der Waals surface area contributed by atoms with Gasteiger partial charge in [0.1, 0.15) is 0 Å². The molecule has 2 saturated heterocycles. The molecule has 2 aliphatic rings. The highest BCUT2D eigenvalue weighted by molar-refractivity contribution is 4.72. The van der Waals surface area contributed by atoms with Gasteiger partial charge in [-0.05, 0) is 45.2 Å². The number of hydrogen-bond acceptors (Lipinski definition) is 3. The largest absolute Gasteiger partial charge is 0.377 e. The first-order chi connectivity index (χ1) is 8.24. The Balaban J connectivity index is 1.56. The van der Waals surface area contributed by atoms with Gasteiger partial charge in [-0.1, -0.05) is 6.92 Å². The average Bonchev–Trinajstić information content (AvgIpc) is 2.32. The first-order valence-corrected chi connectivity index (χ1v) is 7.26.